The number of para-hydroxylation sites is 3. The van der Waals surface area contributed by atoms with E-state index < -0.39 is 0 Å². The van der Waals surface area contributed by atoms with Crippen LogP contribution in [0.2, 0.25) is 0 Å². The van der Waals surface area contributed by atoms with Gasteiger partial charge >= 0.3 is 0 Å². The van der Waals surface area contributed by atoms with Gasteiger partial charge in [-0.1, -0.05) is 78.9 Å². The molecule has 0 aliphatic carbocycles. The number of nitrogens with zero attached hydrogens (tertiary/aromatic N) is 6. The van der Waals surface area contributed by atoms with Gasteiger partial charge in [-0.05, 0) is 72.3 Å². The molecule has 6 nitrogen and oxygen atoms in total. The number of aromatic nitrogens is 2. The van der Waals surface area contributed by atoms with Gasteiger partial charge in [-0.3, -0.25) is 0 Å². The Bertz CT molecular complexity index is 3050. The zero-order chi connectivity index (χ0) is 35.3. The Balaban J connectivity index is 1.42. The highest BCUT2D eigenvalue weighted by atomic mass is 15.0. The van der Waals surface area contributed by atoms with Crippen LogP contribution in [0.5, 0.6) is 0 Å². The third-order valence-corrected chi connectivity index (χ3v) is 9.86. The zero-order valence-electron chi connectivity index (χ0n) is 27.5. The molecule has 6 heteroatoms. The van der Waals surface area contributed by atoms with E-state index >= 15 is 0 Å². The molecular weight excluding hydrogens is 637 g/mol. The lowest BCUT2D eigenvalue weighted by Gasteiger charge is -2.14. The minimum Gasteiger partial charge on any atom is -0.309 e. The molecule has 0 fully saturated rings. The van der Waals surface area contributed by atoms with Gasteiger partial charge in [0.15, 0.2) is 5.69 Å². The summed E-state index contributed by atoms with van der Waals surface area (Å²) in [6.45, 7) is 7.85. The van der Waals surface area contributed by atoms with E-state index in [4.69, 9.17) is 6.57 Å². The van der Waals surface area contributed by atoms with Crippen LogP contribution in [0.3, 0.4) is 0 Å². The Morgan fingerprint density at radius 2 is 1.06 bits per heavy atom. The van der Waals surface area contributed by atoms with Gasteiger partial charge in [0, 0.05) is 55.2 Å². The molecule has 0 atom stereocenters. The van der Waals surface area contributed by atoms with Gasteiger partial charge < -0.3 is 9.13 Å². The molecule has 0 saturated heterocycles. The Hall–Kier alpha value is -7.90. The van der Waals surface area contributed by atoms with E-state index in [1.807, 2.05) is 54.6 Å². The maximum atomic E-state index is 10.3. The van der Waals surface area contributed by atoms with Crippen LogP contribution in [0.4, 0.5) is 5.69 Å². The van der Waals surface area contributed by atoms with Gasteiger partial charge in [0.25, 0.3) is 0 Å². The molecule has 9 rings (SSSR count). The summed E-state index contributed by atoms with van der Waals surface area (Å²) in [4.78, 5) is 3.75. The molecule has 238 valence electrons. The molecule has 0 N–H and O–H groups in total. The number of hydrogen-bond donors (Lipinski definition) is 0. The first kappa shape index (κ1) is 30.2. The molecule has 7 aromatic carbocycles. The van der Waals surface area contributed by atoms with Crippen molar-refractivity contribution in [1.82, 2.24) is 9.13 Å². The van der Waals surface area contributed by atoms with Gasteiger partial charge in [-0.2, -0.15) is 15.8 Å². The number of benzene rings is 7. The van der Waals surface area contributed by atoms with E-state index in [1.165, 1.54) is 0 Å². The predicted molar refractivity (Wildman–Crippen MR) is 206 cm³/mol. The molecule has 9 aromatic rings. The molecule has 0 bridgehead atoms. The minimum absolute atomic E-state index is 0.407. The third-order valence-electron chi connectivity index (χ3n) is 9.86. The van der Waals surface area contributed by atoms with Crippen LogP contribution in [0.1, 0.15) is 16.7 Å². The van der Waals surface area contributed by atoms with Gasteiger partial charge in [0.2, 0.25) is 0 Å². The molecule has 2 aromatic heterocycles. The molecule has 0 spiro atoms. The van der Waals surface area contributed by atoms with Gasteiger partial charge in [-0.15, -0.1) is 0 Å². The topological polar surface area (TPSA) is 85.6 Å². The summed E-state index contributed by atoms with van der Waals surface area (Å²) >= 11 is 0. The second-order valence-electron chi connectivity index (χ2n) is 12.5. The first-order valence-corrected chi connectivity index (χ1v) is 16.7. The van der Waals surface area contributed by atoms with E-state index in [0.29, 0.717) is 33.5 Å². The predicted octanol–water partition coefficient (Wildman–Crippen LogP) is 11.4. The van der Waals surface area contributed by atoms with Crippen LogP contribution >= 0.6 is 0 Å². The lowest BCUT2D eigenvalue weighted by molar-refractivity contribution is 1.17. The summed E-state index contributed by atoms with van der Waals surface area (Å²) in [7, 11) is 0. The molecule has 52 heavy (non-hydrogen) atoms. The Morgan fingerprint density at radius 1 is 0.462 bits per heavy atom. The Kier molecular flexibility index (Phi) is 6.91. The van der Waals surface area contributed by atoms with Crippen molar-refractivity contribution in [1.29, 1.82) is 15.8 Å². The van der Waals surface area contributed by atoms with Crippen molar-refractivity contribution in [2.24, 2.45) is 0 Å². The van der Waals surface area contributed by atoms with E-state index in [-0.39, 0.29) is 0 Å². The molecular formula is C46H24N6. The fourth-order valence-electron chi connectivity index (χ4n) is 7.71. The Labute approximate surface area is 298 Å². The Morgan fingerprint density at radius 3 is 1.81 bits per heavy atom. The van der Waals surface area contributed by atoms with Crippen LogP contribution in [0, 0.1) is 40.6 Å². The molecule has 2 heterocycles. The highest BCUT2D eigenvalue weighted by molar-refractivity contribution is 6.16. The number of nitriles is 3. The maximum absolute atomic E-state index is 10.3. The normalized spacial score (nSPS) is 11.0. The second kappa shape index (κ2) is 11.9. The van der Waals surface area contributed by atoms with Crippen LogP contribution < -0.4 is 0 Å². The van der Waals surface area contributed by atoms with Crippen molar-refractivity contribution in [2.75, 3.05) is 0 Å². The van der Waals surface area contributed by atoms with E-state index in [9.17, 15) is 15.8 Å². The summed E-state index contributed by atoms with van der Waals surface area (Å²) in [5.74, 6) is 0. The smallest absolute Gasteiger partial charge is 0.196 e. The summed E-state index contributed by atoms with van der Waals surface area (Å²) in [5.41, 5.74) is 10.3. The van der Waals surface area contributed by atoms with Crippen LogP contribution in [-0.4, -0.2) is 9.13 Å². The maximum Gasteiger partial charge on any atom is 0.196 e. The van der Waals surface area contributed by atoms with E-state index in [0.717, 1.165) is 66.1 Å². The monoisotopic (exact) mass is 660 g/mol. The highest BCUT2D eigenvalue weighted by Crippen LogP contribution is 2.44. The fourth-order valence-corrected chi connectivity index (χ4v) is 7.71. The minimum atomic E-state index is 0.407. The van der Waals surface area contributed by atoms with Crippen molar-refractivity contribution in [3.63, 3.8) is 0 Å². The van der Waals surface area contributed by atoms with Crippen molar-refractivity contribution in [2.45, 2.75) is 0 Å². The molecule has 0 saturated carbocycles. The number of hydrogen-bond acceptors (Lipinski definition) is 3. The first-order chi connectivity index (χ1) is 25.6. The van der Waals surface area contributed by atoms with Gasteiger partial charge in [0.1, 0.15) is 0 Å². The van der Waals surface area contributed by atoms with E-state index in [2.05, 4.69) is 86.8 Å². The molecule has 0 amide bonds. The second-order valence-corrected chi connectivity index (χ2v) is 12.5. The summed E-state index contributed by atoms with van der Waals surface area (Å²) in [6.07, 6.45) is 0. The largest absolute Gasteiger partial charge is 0.309 e. The molecule has 0 aliphatic heterocycles. The quantitative estimate of drug-likeness (QED) is 0.176. The van der Waals surface area contributed by atoms with Crippen molar-refractivity contribution >= 4 is 49.3 Å². The lowest BCUT2D eigenvalue weighted by Crippen LogP contribution is -1.98. The summed E-state index contributed by atoms with van der Waals surface area (Å²) in [5, 5.41) is 34.6. The summed E-state index contributed by atoms with van der Waals surface area (Å²) < 4.78 is 4.49. The van der Waals surface area contributed by atoms with Crippen LogP contribution in [0.15, 0.2) is 146 Å². The zero-order valence-corrected chi connectivity index (χ0v) is 27.5. The van der Waals surface area contributed by atoms with Gasteiger partial charge in [0.05, 0.1) is 58.0 Å². The average molecular weight is 661 g/mol. The molecule has 0 radical (unpaired) electrons. The molecule has 0 aliphatic rings. The fraction of sp³-hybridized carbons (Fsp3) is 0. The van der Waals surface area contributed by atoms with Gasteiger partial charge in [-0.25, -0.2) is 4.85 Å². The third kappa shape index (κ3) is 4.40. The lowest BCUT2D eigenvalue weighted by atomic mass is 9.93. The van der Waals surface area contributed by atoms with E-state index in [1.54, 1.807) is 36.4 Å². The van der Waals surface area contributed by atoms with Crippen molar-refractivity contribution in [3.8, 4) is 51.8 Å². The van der Waals surface area contributed by atoms with Crippen LogP contribution in [-0.2, 0) is 0 Å². The SMILES string of the molecule is [C-]#[N+]c1cccc(C#N)c1-c1ccc2c(c1)c1cccc(-c3c(C#N)cccc3C#N)c1n2-c1ccc2c(c1)c1ccccc1n2-c1ccccc1. The standard InChI is InChI=1S/C46H24N6/c1-50-40-18-8-12-32(28-49)45(40)29-20-22-43-38(24-29)36-16-9-17-37(44-30(26-47)10-7-11-31(44)27-48)46(36)52(43)34-21-23-42-39(25-34)35-15-5-6-19-41(35)51(42)33-13-3-2-4-14-33/h2-25H. The van der Waals surface area contributed by atoms with Crippen LogP contribution in [0.25, 0.3) is 82.1 Å². The first-order valence-electron chi connectivity index (χ1n) is 16.7. The van der Waals surface area contributed by atoms with Crippen molar-refractivity contribution < 1.29 is 0 Å². The van der Waals surface area contributed by atoms with Crippen molar-refractivity contribution in [3.05, 3.63) is 174 Å². The number of fused-ring (bicyclic) bond motifs is 6. The average Bonchev–Trinajstić information content (AvgIpc) is 3.72. The summed E-state index contributed by atoms with van der Waals surface area (Å²) in [6, 6.07) is 54.6. The molecule has 0 unspecified atom stereocenters. The number of rotatable bonds is 4. The highest BCUT2D eigenvalue weighted by Gasteiger charge is 2.22.